The van der Waals surface area contributed by atoms with Crippen LogP contribution >= 0.6 is 11.8 Å². The molecule has 0 unspecified atom stereocenters. The maximum absolute atomic E-state index is 12.4. The number of rotatable bonds is 6. The van der Waals surface area contributed by atoms with Crippen molar-refractivity contribution in [2.45, 2.75) is 25.6 Å². The first-order chi connectivity index (χ1) is 14.5. The third-order valence-corrected chi connectivity index (χ3v) is 5.57. The summed E-state index contributed by atoms with van der Waals surface area (Å²) in [6, 6.07) is 15.4. The predicted molar refractivity (Wildman–Crippen MR) is 116 cm³/mol. The number of fused-ring (bicyclic) bond motifs is 1. The molecule has 0 saturated heterocycles. The molecule has 0 saturated carbocycles. The molecule has 0 aliphatic rings. The van der Waals surface area contributed by atoms with Gasteiger partial charge in [0.05, 0.1) is 17.6 Å². The van der Waals surface area contributed by atoms with E-state index < -0.39 is 0 Å². The summed E-state index contributed by atoms with van der Waals surface area (Å²) in [5, 5.41) is 5.06. The van der Waals surface area contributed by atoms with Gasteiger partial charge in [-0.15, -0.1) is 0 Å². The van der Waals surface area contributed by atoms with Gasteiger partial charge in [0.15, 0.2) is 10.8 Å². The smallest absolute Gasteiger partial charge is 0.316 e. The topological polar surface area (TPSA) is 89.9 Å². The second-order valence-corrected chi connectivity index (χ2v) is 7.83. The van der Waals surface area contributed by atoms with Crippen molar-refractivity contribution in [1.29, 1.82) is 0 Å². The zero-order chi connectivity index (χ0) is 21.1. The van der Waals surface area contributed by atoms with Gasteiger partial charge in [-0.3, -0.25) is 9.59 Å². The first-order valence-electron chi connectivity index (χ1n) is 9.39. The molecule has 0 aliphatic heterocycles. The molecule has 0 radical (unpaired) electrons. The maximum Gasteiger partial charge on any atom is 0.316 e. The van der Waals surface area contributed by atoms with E-state index in [9.17, 15) is 9.59 Å². The largest absolute Gasteiger partial charge is 0.460 e. The molecule has 2 aromatic carbocycles. The van der Waals surface area contributed by atoms with Crippen LogP contribution < -0.4 is 5.56 Å². The average Bonchev–Trinajstić information content (AvgIpc) is 3.18. The SMILES string of the molecule is Cc1ccc(-n2ncc3c(=O)[nH]c(SCC(=O)OCc4ccccc4)nc32)cc1C. The van der Waals surface area contributed by atoms with E-state index in [1.54, 1.807) is 4.68 Å². The molecule has 4 aromatic rings. The van der Waals surface area contributed by atoms with Crippen LogP contribution in [0.1, 0.15) is 16.7 Å². The van der Waals surface area contributed by atoms with Crippen molar-refractivity contribution in [3.8, 4) is 5.69 Å². The van der Waals surface area contributed by atoms with Crippen LogP contribution in [0, 0.1) is 13.8 Å². The van der Waals surface area contributed by atoms with E-state index in [1.807, 2.05) is 62.4 Å². The summed E-state index contributed by atoms with van der Waals surface area (Å²) < 4.78 is 6.91. The summed E-state index contributed by atoms with van der Waals surface area (Å²) in [6.45, 7) is 4.27. The van der Waals surface area contributed by atoms with E-state index in [4.69, 9.17) is 4.74 Å². The number of hydrogen-bond donors (Lipinski definition) is 1. The van der Waals surface area contributed by atoms with Gasteiger partial charge in [-0.2, -0.15) is 5.10 Å². The van der Waals surface area contributed by atoms with Gasteiger partial charge in [0.2, 0.25) is 0 Å². The number of ether oxygens (including phenoxy) is 1. The van der Waals surface area contributed by atoms with E-state index in [0.29, 0.717) is 16.2 Å². The van der Waals surface area contributed by atoms with Gasteiger partial charge in [-0.25, -0.2) is 9.67 Å². The summed E-state index contributed by atoms with van der Waals surface area (Å²) in [5.41, 5.74) is 4.19. The summed E-state index contributed by atoms with van der Waals surface area (Å²) in [6.07, 6.45) is 1.50. The van der Waals surface area contributed by atoms with Crippen LogP contribution in [-0.2, 0) is 16.1 Å². The molecular weight excluding hydrogens is 400 g/mol. The first kappa shape index (κ1) is 19.9. The fraction of sp³-hybridized carbons (Fsp3) is 0.182. The van der Waals surface area contributed by atoms with Gasteiger partial charge in [0.25, 0.3) is 5.56 Å². The number of aryl methyl sites for hydroxylation is 2. The molecule has 0 amide bonds. The number of esters is 1. The van der Waals surface area contributed by atoms with Crippen molar-refractivity contribution in [3.05, 3.63) is 81.8 Å². The number of H-pyrrole nitrogens is 1. The van der Waals surface area contributed by atoms with Gasteiger partial charge in [-0.1, -0.05) is 48.2 Å². The Morgan fingerprint density at radius 2 is 1.93 bits per heavy atom. The molecule has 8 heteroatoms. The van der Waals surface area contributed by atoms with E-state index in [-0.39, 0.29) is 23.9 Å². The van der Waals surface area contributed by atoms with Crippen molar-refractivity contribution in [2.24, 2.45) is 0 Å². The number of thioether (sulfide) groups is 1. The second-order valence-electron chi connectivity index (χ2n) is 6.87. The standard InChI is InChI=1S/C22H20N4O3S/c1-14-8-9-17(10-15(14)2)26-20-18(11-23-26)21(28)25-22(24-20)30-13-19(27)29-12-16-6-4-3-5-7-16/h3-11H,12-13H2,1-2H3,(H,24,25,28). The molecule has 2 aromatic heterocycles. The van der Waals surface area contributed by atoms with Crippen molar-refractivity contribution in [3.63, 3.8) is 0 Å². The Bertz CT molecular complexity index is 1260. The van der Waals surface area contributed by atoms with Crippen molar-refractivity contribution in [1.82, 2.24) is 19.7 Å². The minimum absolute atomic E-state index is 0.0407. The van der Waals surface area contributed by atoms with E-state index in [1.165, 1.54) is 11.8 Å². The van der Waals surface area contributed by atoms with Gasteiger partial charge in [0.1, 0.15) is 12.0 Å². The van der Waals surface area contributed by atoms with Crippen LogP contribution in [-0.4, -0.2) is 31.5 Å². The Kier molecular flexibility index (Phi) is 5.67. The molecule has 0 fully saturated rings. The first-order valence-corrected chi connectivity index (χ1v) is 10.4. The lowest BCUT2D eigenvalue weighted by atomic mass is 10.1. The van der Waals surface area contributed by atoms with Gasteiger partial charge >= 0.3 is 5.97 Å². The van der Waals surface area contributed by atoms with Crippen LogP contribution in [0.25, 0.3) is 16.7 Å². The highest BCUT2D eigenvalue weighted by Gasteiger charge is 2.14. The van der Waals surface area contributed by atoms with Gasteiger partial charge in [-0.05, 0) is 42.7 Å². The number of benzene rings is 2. The number of carbonyl (C=O) groups is 1. The fourth-order valence-corrected chi connectivity index (χ4v) is 3.57. The predicted octanol–water partition coefficient (Wildman–Crippen LogP) is 3.56. The monoisotopic (exact) mass is 420 g/mol. The molecule has 0 spiro atoms. The van der Waals surface area contributed by atoms with Crippen LogP contribution in [0.3, 0.4) is 0 Å². The third-order valence-electron chi connectivity index (χ3n) is 4.72. The Hall–Kier alpha value is -3.39. The number of hydrogen-bond acceptors (Lipinski definition) is 6. The molecule has 30 heavy (non-hydrogen) atoms. The van der Waals surface area contributed by atoms with Crippen molar-refractivity contribution < 1.29 is 9.53 Å². The Morgan fingerprint density at radius 3 is 2.70 bits per heavy atom. The number of nitrogens with one attached hydrogen (secondary N) is 1. The quantitative estimate of drug-likeness (QED) is 0.291. The highest BCUT2D eigenvalue weighted by atomic mass is 32.2. The molecule has 0 aliphatic carbocycles. The molecule has 7 nitrogen and oxygen atoms in total. The summed E-state index contributed by atoms with van der Waals surface area (Å²) in [7, 11) is 0. The molecule has 4 rings (SSSR count). The average molecular weight is 420 g/mol. The molecule has 2 heterocycles. The molecular formula is C22H20N4O3S. The summed E-state index contributed by atoms with van der Waals surface area (Å²) in [4.78, 5) is 31.7. The van der Waals surface area contributed by atoms with E-state index >= 15 is 0 Å². The number of nitrogens with zero attached hydrogens (tertiary/aromatic N) is 3. The zero-order valence-corrected chi connectivity index (χ0v) is 17.4. The highest BCUT2D eigenvalue weighted by Crippen LogP contribution is 2.20. The Labute approximate surface area is 177 Å². The third kappa shape index (κ3) is 4.28. The molecule has 152 valence electrons. The second kappa shape index (κ2) is 8.54. The van der Waals surface area contributed by atoms with Crippen molar-refractivity contribution >= 4 is 28.8 Å². The van der Waals surface area contributed by atoms with Crippen LogP contribution in [0.2, 0.25) is 0 Å². The van der Waals surface area contributed by atoms with Crippen LogP contribution in [0.5, 0.6) is 0 Å². The molecule has 1 N–H and O–H groups in total. The summed E-state index contributed by atoms with van der Waals surface area (Å²) in [5.74, 6) is -0.340. The Morgan fingerprint density at radius 1 is 1.13 bits per heavy atom. The van der Waals surface area contributed by atoms with Crippen LogP contribution in [0.4, 0.5) is 0 Å². The van der Waals surface area contributed by atoms with E-state index in [2.05, 4.69) is 15.1 Å². The van der Waals surface area contributed by atoms with Gasteiger partial charge < -0.3 is 9.72 Å². The Balaban J connectivity index is 1.51. The maximum atomic E-state index is 12.4. The fourth-order valence-electron chi connectivity index (χ4n) is 2.92. The summed E-state index contributed by atoms with van der Waals surface area (Å²) >= 11 is 1.12. The lowest BCUT2D eigenvalue weighted by Gasteiger charge is -2.07. The molecule has 0 bridgehead atoms. The minimum atomic E-state index is -0.380. The van der Waals surface area contributed by atoms with Gasteiger partial charge in [0, 0.05) is 0 Å². The van der Waals surface area contributed by atoms with Crippen molar-refractivity contribution in [2.75, 3.05) is 5.75 Å². The zero-order valence-electron chi connectivity index (χ0n) is 16.6. The lowest BCUT2D eigenvalue weighted by molar-refractivity contribution is -0.141. The normalized spacial score (nSPS) is 11.0. The van der Waals surface area contributed by atoms with E-state index in [0.717, 1.165) is 28.6 Å². The lowest BCUT2D eigenvalue weighted by Crippen LogP contribution is -2.12. The number of aromatic amines is 1. The highest BCUT2D eigenvalue weighted by molar-refractivity contribution is 7.99. The number of aromatic nitrogens is 4. The van der Waals surface area contributed by atoms with Crippen LogP contribution in [0.15, 0.2) is 64.7 Å². The molecule has 0 atom stereocenters. The minimum Gasteiger partial charge on any atom is -0.460 e. The number of carbonyl (C=O) groups excluding carboxylic acids is 1.